The number of nitrogens with zero attached hydrogens (tertiary/aromatic N) is 2. The summed E-state index contributed by atoms with van der Waals surface area (Å²) in [6.45, 7) is 5.60. The molecule has 0 N–H and O–H groups in total. The lowest BCUT2D eigenvalue weighted by Gasteiger charge is -2.09. The van der Waals surface area contributed by atoms with Crippen molar-refractivity contribution in [3.05, 3.63) is 28.5 Å². The Hall–Kier alpha value is -0.540. The Kier molecular flexibility index (Phi) is 5.91. The van der Waals surface area contributed by atoms with Gasteiger partial charge in [0.15, 0.2) is 0 Å². The van der Waals surface area contributed by atoms with Gasteiger partial charge in [0, 0.05) is 23.3 Å². The molecular formula is C16H22BrClN2. The number of halogens is 2. The van der Waals surface area contributed by atoms with Crippen molar-refractivity contribution in [1.82, 2.24) is 9.55 Å². The van der Waals surface area contributed by atoms with Crippen molar-refractivity contribution in [2.24, 2.45) is 5.92 Å². The summed E-state index contributed by atoms with van der Waals surface area (Å²) in [5.74, 6) is 2.52. The summed E-state index contributed by atoms with van der Waals surface area (Å²) in [6, 6.07) is 6.31. The van der Waals surface area contributed by atoms with Crippen LogP contribution in [-0.4, -0.2) is 15.4 Å². The molecule has 0 unspecified atom stereocenters. The maximum atomic E-state index is 5.91. The van der Waals surface area contributed by atoms with E-state index in [1.807, 2.05) is 0 Å². The van der Waals surface area contributed by atoms with E-state index in [0.717, 1.165) is 34.7 Å². The normalized spacial score (nSPS) is 11.7. The molecule has 110 valence electrons. The third-order valence-electron chi connectivity index (χ3n) is 3.52. The van der Waals surface area contributed by atoms with Crippen LogP contribution in [0.15, 0.2) is 22.7 Å². The number of hydrogen-bond donors (Lipinski definition) is 0. The van der Waals surface area contributed by atoms with Gasteiger partial charge in [0.05, 0.1) is 11.0 Å². The van der Waals surface area contributed by atoms with Gasteiger partial charge in [-0.2, -0.15) is 0 Å². The van der Waals surface area contributed by atoms with Crippen molar-refractivity contribution in [1.29, 1.82) is 0 Å². The van der Waals surface area contributed by atoms with E-state index in [0.29, 0.717) is 5.88 Å². The highest BCUT2D eigenvalue weighted by Gasteiger charge is 2.10. The van der Waals surface area contributed by atoms with Crippen LogP contribution in [0.1, 0.15) is 38.9 Å². The molecule has 1 heterocycles. The second kappa shape index (κ2) is 7.46. The number of rotatable bonds is 7. The summed E-state index contributed by atoms with van der Waals surface area (Å²) in [5, 5.41) is 0. The molecule has 0 fully saturated rings. The van der Waals surface area contributed by atoms with Crippen LogP contribution in [0, 0.1) is 5.92 Å². The lowest BCUT2D eigenvalue weighted by Crippen LogP contribution is -2.05. The maximum Gasteiger partial charge on any atom is 0.111 e. The van der Waals surface area contributed by atoms with E-state index < -0.39 is 0 Å². The van der Waals surface area contributed by atoms with Gasteiger partial charge in [-0.15, -0.1) is 11.6 Å². The van der Waals surface area contributed by atoms with Gasteiger partial charge in [0.2, 0.25) is 0 Å². The quantitative estimate of drug-likeness (QED) is 0.479. The minimum Gasteiger partial charge on any atom is -0.328 e. The average molecular weight is 358 g/mol. The molecule has 0 aliphatic carbocycles. The molecule has 4 heteroatoms. The summed E-state index contributed by atoms with van der Waals surface area (Å²) in [7, 11) is 0. The number of aromatic nitrogens is 2. The average Bonchev–Trinajstić information content (AvgIpc) is 2.72. The van der Waals surface area contributed by atoms with Crippen LogP contribution >= 0.6 is 27.5 Å². The fourth-order valence-electron chi connectivity index (χ4n) is 2.50. The predicted molar refractivity (Wildman–Crippen MR) is 90.5 cm³/mol. The highest BCUT2D eigenvalue weighted by Crippen LogP contribution is 2.22. The molecule has 2 rings (SSSR count). The van der Waals surface area contributed by atoms with Crippen LogP contribution in [-0.2, 0) is 13.0 Å². The zero-order valence-corrected chi connectivity index (χ0v) is 14.5. The van der Waals surface area contributed by atoms with Gasteiger partial charge in [-0.1, -0.05) is 42.6 Å². The van der Waals surface area contributed by atoms with E-state index in [9.17, 15) is 0 Å². The number of fused-ring (bicyclic) bond motifs is 1. The number of aryl methyl sites for hydroxylation is 2. The van der Waals surface area contributed by atoms with Crippen molar-refractivity contribution in [3.8, 4) is 0 Å². The molecule has 0 saturated heterocycles. The fourth-order valence-corrected chi connectivity index (χ4v) is 3.02. The first kappa shape index (κ1) is 15.8. The summed E-state index contributed by atoms with van der Waals surface area (Å²) in [4.78, 5) is 4.73. The van der Waals surface area contributed by atoms with Crippen LogP contribution in [0.4, 0.5) is 0 Å². The van der Waals surface area contributed by atoms with E-state index >= 15 is 0 Å². The first-order chi connectivity index (χ1) is 9.61. The van der Waals surface area contributed by atoms with Gasteiger partial charge in [-0.25, -0.2) is 4.98 Å². The van der Waals surface area contributed by atoms with E-state index in [-0.39, 0.29) is 0 Å². The molecule has 20 heavy (non-hydrogen) atoms. The summed E-state index contributed by atoms with van der Waals surface area (Å²) >= 11 is 9.42. The van der Waals surface area contributed by atoms with E-state index in [4.69, 9.17) is 16.6 Å². The fraction of sp³-hybridized carbons (Fsp3) is 0.562. The molecule has 0 atom stereocenters. The first-order valence-electron chi connectivity index (χ1n) is 7.32. The van der Waals surface area contributed by atoms with E-state index in [1.54, 1.807) is 0 Å². The van der Waals surface area contributed by atoms with Gasteiger partial charge in [0.25, 0.3) is 0 Å². The van der Waals surface area contributed by atoms with Gasteiger partial charge in [0.1, 0.15) is 5.82 Å². The standard InChI is InChI=1S/C16H22BrClN2/c1-12(2)5-3-4-10-20-15-7-6-13(17)11-14(15)19-16(20)8-9-18/h6-7,11-12H,3-5,8-10H2,1-2H3. The largest absolute Gasteiger partial charge is 0.328 e. The first-order valence-corrected chi connectivity index (χ1v) is 8.65. The summed E-state index contributed by atoms with van der Waals surface area (Å²) in [5.41, 5.74) is 2.28. The summed E-state index contributed by atoms with van der Waals surface area (Å²) < 4.78 is 3.41. The molecular weight excluding hydrogens is 336 g/mol. The molecule has 1 aromatic heterocycles. The van der Waals surface area contributed by atoms with Crippen LogP contribution in [0.2, 0.25) is 0 Å². The minimum absolute atomic E-state index is 0.622. The van der Waals surface area contributed by atoms with Gasteiger partial charge < -0.3 is 4.57 Å². The molecule has 1 aromatic carbocycles. The Labute approximate surface area is 134 Å². The predicted octanol–water partition coefficient (Wildman–Crippen LogP) is 5.41. The highest BCUT2D eigenvalue weighted by atomic mass is 79.9. The lowest BCUT2D eigenvalue weighted by atomic mass is 10.1. The molecule has 0 bridgehead atoms. The number of unbranched alkanes of at least 4 members (excludes halogenated alkanes) is 1. The van der Waals surface area contributed by atoms with Crippen molar-refractivity contribution in [3.63, 3.8) is 0 Å². The number of hydrogen-bond acceptors (Lipinski definition) is 1. The Balaban J connectivity index is 2.17. The Morgan fingerprint density at radius 1 is 1.30 bits per heavy atom. The molecule has 0 saturated carbocycles. The SMILES string of the molecule is CC(C)CCCCn1c(CCCl)nc2cc(Br)ccc21. The van der Waals surface area contributed by atoms with Crippen LogP contribution < -0.4 is 0 Å². The topological polar surface area (TPSA) is 17.8 Å². The van der Waals surface area contributed by atoms with Gasteiger partial charge in [-0.05, 0) is 30.5 Å². The number of benzene rings is 1. The molecule has 0 spiro atoms. The number of alkyl halides is 1. The van der Waals surface area contributed by atoms with Gasteiger partial charge >= 0.3 is 0 Å². The lowest BCUT2D eigenvalue weighted by molar-refractivity contribution is 0.508. The van der Waals surface area contributed by atoms with Crippen molar-refractivity contribution in [2.75, 3.05) is 5.88 Å². The van der Waals surface area contributed by atoms with Crippen molar-refractivity contribution >= 4 is 38.6 Å². The minimum atomic E-state index is 0.622. The molecule has 2 aromatic rings. The molecule has 0 aliphatic rings. The second-order valence-electron chi connectivity index (χ2n) is 5.64. The molecule has 0 aliphatic heterocycles. The van der Waals surface area contributed by atoms with Crippen LogP contribution in [0.25, 0.3) is 11.0 Å². The van der Waals surface area contributed by atoms with Crippen molar-refractivity contribution in [2.45, 2.75) is 46.1 Å². The Morgan fingerprint density at radius 3 is 2.80 bits per heavy atom. The van der Waals surface area contributed by atoms with E-state index in [1.165, 1.54) is 24.8 Å². The Bertz CT molecular complexity index is 563. The van der Waals surface area contributed by atoms with Crippen LogP contribution in [0.5, 0.6) is 0 Å². The second-order valence-corrected chi connectivity index (χ2v) is 6.93. The summed E-state index contributed by atoms with van der Waals surface area (Å²) in [6.07, 6.45) is 4.60. The van der Waals surface area contributed by atoms with Crippen LogP contribution in [0.3, 0.4) is 0 Å². The third kappa shape index (κ3) is 3.98. The van der Waals surface area contributed by atoms with E-state index in [2.05, 4.69) is 52.5 Å². The third-order valence-corrected chi connectivity index (χ3v) is 4.20. The molecule has 0 amide bonds. The molecule has 2 nitrogen and oxygen atoms in total. The highest BCUT2D eigenvalue weighted by molar-refractivity contribution is 9.10. The zero-order chi connectivity index (χ0) is 14.5. The Morgan fingerprint density at radius 2 is 2.10 bits per heavy atom. The van der Waals surface area contributed by atoms with Crippen molar-refractivity contribution < 1.29 is 0 Å². The molecule has 0 radical (unpaired) electrons. The van der Waals surface area contributed by atoms with Gasteiger partial charge in [-0.3, -0.25) is 0 Å². The monoisotopic (exact) mass is 356 g/mol. The zero-order valence-electron chi connectivity index (χ0n) is 12.2. The maximum absolute atomic E-state index is 5.91. The number of imidazole rings is 1. The smallest absolute Gasteiger partial charge is 0.111 e.